The van der Waals surface area contributed by atoms with Crippen LogP contribution < -0.4 is 0 Å². The van der Waals surface area contributed by atoms with Crippen molar-refractivity contribution < 1.29 is 14.3 Å². The lowest BCUT2D eigenvalue weighted by atomic mass is 9.89. The Balaban J connectivity index is 2.08. The molecule has 1 amide bonds. The molecule has 0 saturated carbocycles. The summed E-state index contributed by atoms with van der Waals surface area (Å²) in [7, 11) is 0. The third-order valence-corrected chi connectivity index (χ3v) is 4.03. The zero-order chi connectivity index (χ0) is 17.0. The maximum Gasteiger partial charge on any atom is 0.410 e. The molecule has 0 spiro atoms. The number of ether oxygens (including phenoxy) is 1. The first-order valence-electron chi connectivity index (χ1n) is 8.19. The van der Waals surface area contributed by atoms with Crippen LogP contribution >= 0.6 is 0 Å². The summed E-state index contributed by atoms with van der Waals surface area (Å²) in [5, 5.41) is 0. The third-order valence-electron chi connectivity index (χ3n) is 4.03. The number of aromatic nitrogens is 1. The predicted octanol–water partition coefficient (Wildman–Crippen LogP) is 3.69. The second kappa shape index (κ2) is 7.11. The number of Topliss-reactive ketones (excluding diaryl/α,β-unsaturated/α-hetero) is 1. The van der Waals surface area contributed by atoms with Crippen LogP contribution in [-0.2, 0) is 4.74 Å². The molecular formula is C18H26N2O3. The van der Waals surface area contributed by atoms with Crippen molar-refractivity contribution in [3.8, 4) is 0 Å². The number of rotatable bonds is 3. The van der Waals surface area contributed by atoms with Gasteiger partial charge in [0.05, 0.1) is 0 Å². The summed E-state index contributed by atoms with van der Waals surface area (Å²) in [4.78, 5) is 30.6. The van der Waals surface area contributed by atoms with Crippen LogP contribution in [0.3, 0.4) is 0 Å². The van der Waals surface area contributed by atoms with Gasteiger partial charge in [0.1, 0.15) is 5.60 Å². The van der Waals surface area contributed by atoms with E-state index in [0.29, 0.717) is 24.4 Å². The van der Waals surface area contributed by atoms with Crippen molar-refractivity contribution in [1.29, 1.82) is 0 Å². The molecule has 0 radical (unpaired) electrons. The predicted molar refractivity (Wildman–Crippen MR) is 88.3 cm³/mol. The molecule has 5 heteroatoms. The summed E-state index contributed by atoms with van der Waals surface area (Å²) < 4.78 is 5.50. The molecule has 5 nitrogen and oxygen atoms in total. The van der Waals surface area contributed by atoms with E-state index in [2.05, 4.69) is 11.9 Å². The van der Waals surface area contributed by atoms with E-state index in [9.17, 15) is 9.59 Å². The molecule has 0 bridgehead atoms. The molecule has 2 unspecified atom stereocenters. The molecule has 1 fully saturated rings. The zero-order valence-corrected chi connectivity index (χ0v) is 14.4. The van der Waals surface area contributed by atoms with Gasteiger partial charge in [0, 0.05) is 37.0 Å². The summed E-state index contributed by atoms with van der Waals surface area (Å²) in [6.45, 7) is 8.37. The average Bonchev–Trinajstić information content (AvgIpc) is 2.46. The first-order valence-corrected chi connectivity index (χ1v) is 8.19. The number of likely N-dealkylation sites (tertiary alicyclic amines) is 1. The van der Waals surface area contributed by atoms with Gasteiger partial charge in [-0.15, -0.1) is 0 Å². The number of carbonyl (C=O) groups is 2. The maximum atomic E-state index is 12.5. The molecular weight excluding hydrogens is 292 g/mol. The Morgan fingerprint density at radius 2 is 1.96 bits per heavy atom. The normalized spacial score (nSPS) is 21.8. The molecule has 1 aliphatic rings. The fourth-order valence-electron chi connectivity index (χ4n) is 2.88. The van der Waals surface area contributed by atoms with Gasteiger partial charge in [-0.05, 0) is 51.7 Å². The molecule has 2 rings (SSSR count). The minimum absolute atomic E-state index is 0.0417. The van der Waals surface area contributed by atoms with Crippen molar-refractivity contribution >= 4 is 11.9 Å². The van der Waals surface area contributed by atoms with E-state index < -0.39 is 5.60 Å². The lowest BCUT2D eigenvalue weighted by Crippen LogP contribution is -2.48. The second-order valence-corrected chi connectivity index (χ2v) is 7.32. The van der Waals surface area contributed by atoms with Gasteiger partial charge < -0.3 is 9.64 Å². The van der Waals surface area contributed by atoms with Crippen molar-refractivity contribution in [2.24, 2.45) is 5.92 Å². The number of piperidine rings is 1. The van der Waals surface area contributed by atoms with E-state index >= 15 is 0 Å². The van der Waals surface area contributed by atoms with Crippen LogP contribution in [0, 0.1) is 5.92 Å². The summed E-state index contributed by atoms with van der Waals surface area (Å²) in [6.07, 6.45) is 5.00. The Kier molecular flexibility index (Phi) is 5.39. The highest BCUT2D eigenvalue weighted by molar-refractivity contribution is 5.96. The van der Waals surface area contributed by atoms with E-state index in [0.717, 1.165) is 12.8 Å². The number of hydrogen-bond acceptors (Lipinski definition) is 4. The second-order valence-electron chi connectivity index (χ2n) is 7.32. The van der Waals surface area contributed by atoms with E-state index in [1.807, 2.05) is 20.8 Å². The van der Waals surface area contributed by atoms with E-state index in [-0.39, 0.29) is 17.9 Å². The zero-order valence-electron chi connectivity index (χ0n) is 14.4. The summed E-state index contributed by atoms with van der Waals surface area (Å²) in [6, 6.07) is 3.33. The first kappa shape index (κ1) is 17.4. The number of carbonyl (C=O) groups excluding carboxylic acids is 2. The highest BCUT2D eigenvalue weighted by Gasteiger charge is 2.34. The highest BCUT2D eigenvalue weighted by Crippen LogP contribution is 2.27. The maximum absolute atomic E-state index is 12.5. The van der Waals surface area contributed by atoms with Gasteiger partial charge in [-0.3, -0.25) is 9.78 Å². The van der Waals surface area contributed by atoms with Crippen molar-refractivity contribution in [2.75, 3.05) is 6.54 Å². The van der Waals surface area contributed by atoms with Crippen LogP contribution in [0.4, 0.5) is 4.79 Å². The van der Waals surface area contributed by atoms with Crippen LogP contribution in [0.1, 0.15) is 57.3 Å². The lowest BCUT2D eigenvalue weighted by molar-refractivity contribution is 0.00514. The van der Waals surface area contributed by atoms with Crippen LogP contribution in [-0.4, -0.2) is 39.9 Å². The minimum atomic E-state index is -0.528. The molecule has 1 aliphatic heterocycles. The minimum Gasteiger partial charge on any atom is -0.444 e. The Morgan fingerprint density at radius 3 is 2.57 bits per heavy atom. The van der Waals surface area contributed by atoms with Crippen LogP contribution in [0.25, 0.3) is 0 Å². The molecule has 0 aromatic carbocycles. The number of nitrogens with zero attached hydrogens (tertiary/aromatic N) is 2. The van der Waals surface area contributed by atoms with Gasteiger partial charge in [-0.2, -0.15) is 0 Å². The van der Waals surface area contributed by atoms with Crippen molar-refractivity contribution in [3.63, 3.8) is 0 Å². The monoisotopic (exact) mass is 318 g/mol. The molecule has 2 heterocycles. The Bertz CT molecular complexity index is 551. The fraction of sp³-hybridized carbons (Fsp3) is 0.611. The fourth-order valence-corrected chi connectivity index (χ4v) is 2.88. The van der Waals surface area contributed by atoms with Gasteiger partial charge in [0.25, 0.3) is 0 Å². The third kappa shape index (κ3) is 5.05. The van der Waals surface area contributed by atoms with Crippen LogP contribution in [0.15, 0.2) is 24.5 Å². The SMILES string of the molecule is CC1CCN(C(=O)OC(C)(C)C)C(CC(=O)c2ccncc2)C1. The molecule has 0 N–H and O–H groups in total. The van der Waals surface area contributed by atoms with Crippen LogP contribution in [0.5, 0.6) is 0 Å². The molecule has 1 aromatic rings. The molecule has 1 saturated heterocycles. The number of hydrogen-bond donors (Lipinski definition) is 0. The molecule has 23 heavy (non-hydrogen) atoms. The van der Waals surface area contributed by atoms with E-state index in [1.54, 1.807) is 29.4 Å². The number of pyridine rings is 1. The number of amides is 1. The molecule has 1 aromatic heterocycles. The topological polar surface area (TPSA) is 59.5 Å². The van der Waals surface area contributed by atoms with Crippen molar-refractivity contribution in [1.82, 2.24) is 9.88 Å². The molecule has 126 valence electrons. The molecule has 0 aliphatic carbocycles. The van der Waals surface area contributed by atoms with Gasteiger partial charge in [0.2, 0.25) is 0 Å². The quantitative estimate of drug-likeness (QED) is 0.798. The van der Waals surface area contributed by atoms with Gasteiger partial charge in [0.15, 0.2) is 5.78 Å². The largest absolute Gasteiger partial charge is 0.444 e. The van der Waals surface area contributed by atoms with Gasteiger partial charge in [-0.25, -0.2) is 4.79 Å². The summed E-state index contributed by atoms with van der Waals surface area (Å²) in [5.74, 6) is 0.545. The Morgan fingerprint density at radius 1 is 1.30 bits per heavy atom. The number of ketones is 1. The first-order chi connectivity index (χ1) is 10.8. The van der Waals surface area contributed by atoms with Crippen LogP contribution in [0.2, 0.25) is 0 Å². The Labute approximate surface area is 138 Å². The van der Waals surface area contributed by atoms with Crippen molar-refractivity contribution in [3.05, 3.63) is 30.1 Å². The molecule has 2 atom stereocenters. The summed E-state index contributed by atoms with van der Waals surface area (Å²) in [5.41, 5.74) is 0.113. The highest BCUT2D eigenvalue weighted by atomic mass is 16.6. The summed E-state index contributed by atoms with van der Waals surface area (Å²) >= 11 is 0. The average molecular weight is 318 g/mol. The standard InChI is InChI=1S/C18H26N2O3/c1-13-7-10-20(17(22)23-18(2,3)4)15(11-13)12-16(21)14-5-8-19-9-6-14/h5-6,8-9,13,15H,7,10-12H2,1-4H3. The lowest BCUT2D eigenvalue weighted by Gasteiger charge is -2.39. The van der Waals surface area contributed by atoms with E-state index in [1.165, 1.54) is 0 Å². The van der Waals surface area contributed by atoms with Gasteiger partial charge in [-0.1, -0.05) is 6.92 Å². The van der Waals surface area contributed by atoms with Crippen molar-refractivity contribution in [2.45, 2.75) is 58.6 Å². The van der Waals surface area contributed by atoms with E-state index in [4.69, 9.17) is 4.74 Å². The smallest absolute Gasteiger partial charge is 0.410 e. The van der Waals surface area contributed by atoms with Gasteiger partial charge >= 0.3 is 6.09 Å². The Hall–Kier alpha value is -1.91.